The Hall–Kier alpha value is -4.66. The van der Waals surface area contributed by atoms with Gasteiger partial charge in [-0.3, -0.25) is 19.4 Å². The fraction of sp³-hybridized carbons (Fsp3) is 0.481. The first kappa shape index (κ1) is 33.5. The third-order valence-corrected chi connectivity index (χ3v) is 6.25. The number of imidazole rings is 1. The topological polar surface area (TPSA) is 264 Å². The average Bonchev–Trinajstić information content (AvgIpc) is 3.43. The van der Waals surface area contributed by atoms with Gasteiger partial charge in [0.2, 0.25) is 17.7 Å². The maximum absolute atomic E-state index is 13.5. The van der Waals surface area contributed by atoms with Gasteiger partial charge in [0, 0.05) is 31.3 Å². The average molecular weight is 588 g/mol. The molecular weight excluding hydrogens is 546 g/mol. The number of hydrogen-bond donors (Lipinski definition) is 9. The number of benzene rings is 1. The molecule has 42 heavy (non-hydrogen) atoms. The van der Waals surface area contributed by atoms with Gasteiger partial charge < -0.3 is 48.3 Å². The normalized spacial score (nSPS) is 13.8. The highest BCUT2D eigenvalue weighted by Crippen LogP contribution is 2.13. The van der Waals surface area contributed by atoms with Crippen molar-refractivity contribution >= 4 is 29.7 Å². The van der Waals surface area contributed by atoms with Crippen LogP contribution in [0.1, 0.15) is 44.4 Å². The van der Waals surface area contributed by atoms with Crippen LogP contribution in [0.25, 0.3) is 0 Å². The minimum Gasteiger partial charge on any atom is -0.508 e. The molecule has 1 aromatic carbocycles. The van der Waals surface area contributed by atoms with Gasteiger partial charge in [0.1, 0.15) is 23.9 Å². The van der Waals surface area contributed by atoms with Crippen molar-refractivity contribution in [2.45, 2.75) is 70.1 Å². The number of aromatic amines is 1. The van der Waals surface area contributed by atoms with Crippen molar-refractivity contribution in [3.8, 4) is 5.75 Å². The number of carboxylic acids is 1. The number of carboxylic acid groups (broad SMARTS) is 1. The molecule has 0 aliphatic rings. The largest absolute Gasteiger partial charge is 0.508 e. The number of rotatable bonds is 17. The number of amides is 3. The molecule has 15 nitrogen and oxygen atoms in total. The predicted molar refractivity (Wildman–Crippen MR) is 155 cm³/mol. The van der Waals surface area contributed by atoms with Gasteiger partial charge in [0.15, 0.2) is 5.96 Å². The van der Waals surface area contributed by atoms with E-state index in [1.54, 1.807) is 12.1 Å². The zero-order chi connectivity index (χ0) is 31.2. The minimum absolute atomic E-state index is 0.0309. The lowest BCUT2D eigenvalue weighted by atomic mass is 10.00. The van der Waals surface area contributed by atoms with Crippen LogP contribution in [0, 0.1) is 5.92 Å². The van der Waals surface area contributed by atoms with Crippen LogP contribution < -0.4 is 33.2 Å². The first-order chi connectivity index (χ1) is 19.8. The summed E-state index contributed by atoms with van der Waals surface area (Å²) < 4.78 is 0. The summed E-state index contributed by atoms with van der Waals surface area (Å²) >= 11 is 0. The number of nitrogens with two attached hydrogens (primary N) is 3. The number of nitrogens with one attached hydrogen (secondary N) is 4. The Balaban J connectivity index is 2.19. The molecule has 4 atom stereocenters. The second-order valence-corrected chi connectivity index (χ2v) is 10.4. The van der Waals surface area contributed by atoms with Gasteiger partial charge in [0.05, 0.1) is 12.4 Å². The number of phenols is 1. The number of aliphatic carboxylic acids is 1. The summed E-state index contributed by atoms with van der Waals surface area (Å²) in [5, 5.41) is 27.1. The summed E-state index contributed by atoms with van der Waals surface area (Å²) in [4.78, 5) is 62.0. The van der Waals surface area contributed by atoms with Gasteiger partial charge in [-0.25, -0.2) is 9.78 Å². The Morgan fingerprint density at radius 1 is 0.952 bits per heavy atom. The number of aromatic hydroxyl groups is 1. The van der Waals surface area contributed by atoms with Crippen molar-refractivity contribution in [1.29, 1.82) is 0 Å². The Labute approximate surface area is 243 Å². The van der Waals surface area contributed by atoms with E-state index >= 15 is 0 Å². The number of hydrogen-bond acceptors (Lipinski definition) is 8. The number of nitrogens with zero attached hydrogens (tertiary/aromatic N) is 2. The lowest BCUT2D eigenvalue weighted by Crippen LogP contribution is -2.58. The number of aliphatic imine (C=N–C) groups is 1. The summed E-state index contributed by atoms with van der Waals surface area (Å²) in [6.07, 6.45) is 3.74. The zero-order valence-electron chi connectivity index (χ0n) is 23.7. The number of phenolic OH excluding ortho intramolecular Hbond substituents is 1. The number of guanidine groups is 1. The highest BCUT2D eigenvalue weighted by Gasteiger charge is 2.31. The van der Waals surface area contributed by atoms with E-state index in [0.29, 0.717) is 17.7 Å². The zero-order valence-corrected chi connectivity index (χ0v) is 23.7. The highest BCUT2D eigenvalue weighted by molar-refractivity contribution is 5.94. The number of carbonyl (C=O) groups excluding carboxylic acids is 3. The molecule has 2 rings (SSSR count). The van der Waals surface area contributed by atoms with Crippen molar-refractivity contribution in [1.82, 2.24) is 25.9 Å². The van der Waals surface area contributed by atoms with Crippen LogP contribution in [0.2, 0.25) is 0 Å². The van der Waals surface area contributed by atoms with Crippen molar-refractivity contribution in [3.63, 3.8) is 0 Å². The van der Waals surface area contributed by atoms with E-state index in [1.165, 1.54) is 24.7 Å². The molecule has 230 valence electrons. The Morgan fingerprint density at radius 3 is 2.14 bits per heavy atom. The number of aromatic nitrogens is 2. The lowest BCUT2D eigenvalue weighted by Gasteiger charge is -2.26. The molecule has 0 saturated carbocycles. The molecule has 0 fully saturated rings. The molecule has 4 unspecified atom stereocenters. The molecule has 1 heterocycles. The SMILES string of the molecule is CC(C)CC(NC(=O)C(Cc1ccc(O)cc1)NC(=O)C(N)CCCN=C(N)N)C(=O)NC(Cc1cnc[nH]1)C(=O)O. The fourth-order valence-electron chi connectivity index (χ4n) is 4.07. The van der Waals surface area contributed by atoms with Gasteiger partial charge in [-0.05, 0) is 42.9 Å². The lowest BCUT2D eigenvalue weighted by molar-refractivity contribution is -0.142. The smallest absolute Gasteiger partial charge is 0.326 e. The summed E-state index contributed by atoms with van der Waals surface area (Å²) in [7, 11) is 0. The Kier molecular flexibility index (Phi) is 13.2. The molecule has 0 spiro atoms. The second-order valence-electron chi connectivity index (χ2n) is 10.4. The van der Waals surface area contributed by atoms with Gasteiger partial charge in [-0.2, -0.15) is 0 Å². The van der Waals surface area contributed by atoms with Crippen LogP contribution in [0.15, 0.2) is 41.8 Å². The van der Waals surface area contributed by atoms with Gasteiger partial charge in [0.25, 0.3) is 0 Å². The van der Waals surface area contributed by atoms with Gasteiger partial charge >= 0.3 is 5.97 Å². The molecule has 2 aromatic rings. The third kappa shape index (κ3) is 11.8. The standard InChI is InChI=1S/C27H41N9O6/c1-15(2)10-20(24(39)36-22(26(41)42)12-17-13-31-14-33-17)35-25(40)21(11-16-5-7-18(37)8-6-16)34-23(38)19(28)4-3-9-32-27(29)30/h5-8,13-15,19-22,37H,3-4,9-12,28H2,1-2H3,(H,31,33)(H,34,38)(H,35,40)(H,36,39)(H,41,42)(H4,29,30,32). The van der Waals surface area contributed by atoms with E-state index < -0.39 is 47.9 Å². The first-order valence-corrected chi connectivity index (χ1v) is 13.6. The van der Waals surface area contributed by atoms with Crippen LogP contribution in [-0.2, 0) is 32.0 Å². The Bertz CT molecular complexity index is 1200. The molecule has 12 N–H and O–H groups in total. The monoisotopic (exact) mass is 587 g/mol. The maximum Gasteiger partial charge on any atom is 0.326 e. The predicted octanol–water partition coefficient (Wildman–Crippen LogP) is -1.13. The van der Waals surface area contributed by atoms with Crippen molar-refractivity contribution in [2.75, 3.05) is 6.54 Å². The summed E-state index contributed by atoms with van der Waals surface area (Å²) in [5.41, 5.74) is 17.8. The van der Waals surface area contributed by atoms with E-state index in [0.717, 1.165) is 0 Å². The molecule has 1 aromatic heterocycles. The molecular formula is C27H41N9O6. The number of H-pyrrole nitrogens is 1. The van der Waals surface area contributed by atoms with Crippen molar-refractivity contribution in [2.24, 2.45) is 28.1 Å². The summed E-state index contributed by atoms with van der Waals surface area (Å²) in [5.74, 6) is -3.27. The molecule has 0 radical (unpaired) electrons. The summed E-state index contributed by atoms with van der Waals surface area (Å²) in [6.45, 7) is 3.98. The highest BCUT2D eigenvalue weighted by atomic mass is 16.4. The third-order valence-electron chi connectivity index (χ3n) is 6.25. The van der Waals surface area contributed by atoms with Crippen molar-refractivity contribution < 1.29 is 29.4 Å². The van der Waals surface area contributed by atoms with Crippen LogP contribution >= 0.6 is 0 Å². The molecule has 15 heteroatoms. The van der Waals surface area contributed by atoms with Gasteiger partial charge in [-0.15, -0.1) is 0 Å². The van der Waals surface area contributed by atoms with E-state index in [9.17, 15) is 29.4 Å². The van der Waals surface area contributed by atoms with E-state index in [2.05, 4.69) is 30.9 Å². The van der Waals surface area contributed by atoms with Gasteiger partial charge in [-0.1, -0.05) is 26.0 Å². The van der Waals surface area contributed by atoms with Crippen LogP contribution in [0.5, 0.6) is 5.75 Å². The number of carbonyl (C=O) groups is 4. The van der Waals surface area contributed by atoms with Crippen LogP contribution in [0.4, 0.5) is 0 Å². The first-order valence-electron chi connectivity index (χ1n) is 13.6. The Morgan fingerprint density at radius 2 is 1.57 bits per heavy atom. The summed E-state index contributed by atoms with van der Waals surface area (Å²) in [6, 6.07) is 1.65. The molecule has 0 bridgehead atoms. The van der Waals surface area contributed by atoms with Crippen LogP contribution in [0.3, 0.4) is 0 Å². The fourth-order valence-corrected chi connectivity index (χ4v) is 4.07. The van der Waals surface area contributed by atoms with E-state index in [-0.39, 0.29) is 49.9 Å². The quantitative estimate of drug-likeness (QED) is 0.0610. The van der Waals surface area contributed by atoms with E-state index in [4.69, 9.17) is 17.2 Å². The second kappa shape index (κ2) is 16.6. The maximum atomic E-state index is 13.5. The molecule has 0 aliphatic heterocycles. The van der Waals surface area contributed by atoms with Crippen molar-refractivity contribution in [3.05, 3.63) is 48.0 Å². The molecule has 3 amide bonds. The molecule has 0 aliphatic carbocycles. The minimum atomic E-state index is -1.27. The molecule has 0 saturated heterocycles. The van der Waals surface area contributed by atoms with E-state index in [1.807, 2.05) is 13.8 Å². The van der Waals surface area contributed by atoms with Crippen LogP contribution in [-0.4, -0.2) is 80.5 Å².